The van der Waals surface area contributed by atoms with Crippen LogP contribution < -0.4 is 29.6 Å². The molecule has 0 aliphatic heterocycles. The molecule has 0 spiro atoms. The molecule has 1 aromatic rings. The maximum Gasteiger partial charge on any atom is 1.00 e. The van der Waals surface area contributed by atoms with Crippen molar-refractivity contribution in [2.24, 2.45) is 0 Å². The van der Waals surface area contributed by atoms with Gasteiger partial charge in [-0.05, 0) is 18.6 Å². The van der Waals surface area contributed by atoms with E-state index >= 15 is 0 Å². The largest absolute Gasteiger partial charge is 1.00 e. The molecule has 3 nitrogen and oxygen atoms in total. The van der Waals surface area contributed by atoms with Gasteiger partial charge in [-0.15, -0.1) is 0 Å². The molecule has 0 amide bonds. The number of phenolic OH excluding ortho intramolecular Hbond substituents is 1. The van der Waals surface area contributed by atoms with Crippen molar-refractivity contribution in [1.82, 2.24) is 0 Å². The Morgan fingerprint density at radius 3 is 1.62 bits per heavy atom. The third-order valence-electron chi connectivity index (χ3n) is 5.36. The molecular weight excluding hydrogens is 371 g/mol. The molecule has 0 saturated heterocycles. The fourth-order valence-corrected chi connectivity index (χ4v) is 3.54. The van der Waals surface area contributed by atoms with E-state index in [-0.39, 0.29) is 42.3 Å². The maximum atomic E-state index is 11.8. The molecule has 1 N–H and O–H groups in total. The zero-order valence-electron chi connectivity index (χ0n) is 20.1. The van der Waals surface area contributed by atoms with Crippen LogP contribution in [-0.4, -0.2) is 17.7 Å². The third-order valence-corrected chi connectivity index (χ3v) is 5.36. The summed E-state index contributed by atoms with van der Waals surface area (Å²) in [5.74, 6) is -0.446. The van der Waals surface area contributed by atoms with Crippen LogP contribution >= 0.6 is 0 Å². The van der Waals surface area contributed by atoms with Gasteiger partial charge in [-0.25, -0.2) is 4.79 Å². The summed E-state index contributed by atoms with van der Waals surface area (Å²) >= 11 is 0. The average molecular weight is 415 g/mol. The van der Waals surface area contributed by atoms with Crippen LogP contribution in [0.1, 0.15) is 121 Å². The van der Waals surface area contributed by atoms with Crippen molar-refractivity contribution in [2.45, 2.75) is 110 Å². The minimum Gasteiger partial charge on any atom is -1.00 e. The smallest absolute Gasteiger partial charge is 1.00 e. The van der Waals surface area contributed by atoms with Gasteiger partial charge in [-0.2, -0.15) is 0 Å². The molecule has 1 rings (SSSR count). The molecule has 0 aliphatic rings. The van der Waals surface area contributed by atoms with Gasteiger partial charge in [0.25, 0.3) is 0 Å². The first kappa shape index (κ1) is 28.5. The Balaban J connectivity index is 0. The molecule has 0 saturated carbocycles. The molecule has 0 bridgehead atoms. The number of phenols is 1. The van der Waals surface area contributed by atoms with Gasteiger partial charge in [-0.3, -0.25) is 0 Å². The van der Waals surface area contributed by atoms with Gasteiger partial charge in [0.05, 0.1) is 6.61 Å². The van der Waals surface area contributed by atoms with Crippen LogP contribution in [0.25, 0.3) is 0 Å². The standard InChI is InChI=1S/C25H42O3.Na.H/c1-2-3-4-5-6-7-8-9-10-11-12-13-14-15-16-19-22-28-25(27)23-20-17-18-21-24(23)26;;/h17-18,20-21,26H,2-16,19,22H2,1H3;;/q;+1;-1. The van der Waals surface area contributed by atoms with Crippen LogP contribution in [0, 0.1) is 0 Å². The zero-order chi connectivity index (χ0) is 20.3. The minimum absolute atomic E-state index is 0. The Hall–Kier alpha value is -0.510. The number of esters is 1. The van der Waals surface area contributed by atoms with Crippen molar-refractivity contribution in [3.05, 3.63) is 29.8 Å². The zero-order valence-corrected chi connectivity index (χ0v) is 21.1. The number of carbonyl (C=O) groups is 1. The molecule has 162 valence electrons. The Morgan fingerprint density at radius 2 is 1.17 bits per heavy atom. The van der Waals surface area contributed by atoms with E-state index in [9.17, 15) is 9.90 Å². The molecule has 0 fully saturated rings. The van der Waals surface area contributed by atoms with E-state index in [1.807, 2.05) is 0 Å². The van der Waals surface area contributed by atoms with E-state index in [4.69, 9.17) is 4.74 Å². The summed E-state index contributed by atoms with van der Waals surface area (Å²) in [6.45, 7) is 2.71. The Morgan fingerprint density at radius 1 is 0.759 bits per heavy atom. The van der Waals surface area contributed by atoms with Crippen LogP contribution in [0.5, 0.6) is 5.75 Å². The number of para-hydroxylation sites is 1. The molecule has 4 heteroatoms. The predicted molar refractivity (Wildman–Crippen MR) is 119 cm³/mol. The molecule has 0 heterocycles. The Kier molecular flexibility index (Phi) is 20.4. The maximum absolute atomic E-state index is 11.8. The molecule has 1 aromatic carbocycles. The van der Waals surface area contributed by atoms with Gasteiger partial charge >= 0.3 is 35.5 Å². The summed E-state index contributed by atoms with van der Waals surface area (Å²) < 4.78 is 5.23. The fraction of sp³-hybridized carbons (Fsp3) is 0.720. The van der Waals surface area contributed by atoms with Crippen LogP contribution in [-0.2, 0) is 4.74 Å². The van der Waals surface area contributed by atoms with Crippen LogP contribution in [0.4, 0.5) is 0 Å². The van der Waals surface area contributed by atoms with Gasteiger partial charge in [0.2, 0.25) is 0 Å². The van der Waals surface area contributed by atoms with E-state index in [1.165, 1.54) is 96.0 Å². The Bertz CT molecular complexity index is 511. The summed E-state index contributed by atoms with van der Waals surface area (Å²) in [4.78, 5) is 11.8. The summed E-state index contributed by atoms with van der Waals surface area (Å²) in [5, 5.41) is 9.62. The second-order valence-corrected chi connectivity index (χ2v) is 7.96. The first-order valence-electron chi connectivity index (χ1n) is 11.7. The number of ether oxygens (including phenoxy) is 1. The number of rotatable bonds is 18. The molecule has 0 aromatic heterocycles. The van der Waals surface area contributed by atoms with E-state index < -0.39 is 5.97 Å². The fourth-order valence-electron chi connectivity index (χ4n) is 3.54. The Labute approximate surface area is 202 Å². The topological polar surface area (TPSA) is 46.5 Å². The van der Waals surface area contributed by atoms with Gasteiger partial charge in [0, 0.05) is 0 Å². The minimum atomic E-state index is -0.431. The van der Waals surface area contributed by atoms with Crippen LogP contribution in [0.2, 0.25) is 0 Å². The number of unbranched alkanes of at least 4 members (excludes halogenated alkanes) is 15. The molecule has 0 radical (unpaired) electrons. The molecule has 0 aliphatic carbocycles. The molecule has 0 atom stereocenters. The van der Waals surface area contributed by atoms with Gasteiger partial charge in [0.1, 0.15) is 11.3 Å². The first-order valence-corrected chi connectivity index (χ1v) is 11.7. The molecule has 0 unspecified atom stereocenters. The van der Waals surface area contributed by atoms with Crippen molar-refractivity contribution in [1.29, 1.82) is 0 Å². The van der Waals surface area contributed by atoms with E-state index in [0.717, 1.165) is 12.8 Å². The first-order chi connectivity index (χ1) is 13.8. The summed E-state index contributed by atoms with van der Waals surface area (Å²) in [7, 11) is 0. The molecular formula is C25H43NaO3. The summed E-state index contributed by atoms with van der Waals surface area (Å²) in [5.41, 5.74) is 0.249. The summed E-state index contributed by atoms with van der Waals surface area (Å²) in [6, 6.07) is 6.52. The second-order valence-electron chi connectivity index (χ2n) is 7.96. The van der Waals surface area contributed by atoms with E-state index in [2.05, 4.69) is 6.92 Å². The van der Waals surface area contributed by atoms with E-state index in [0.29, 0.717) is 6.61 Å². The number of carbonyl (C=O) groups excluding carboxylic acids is 1. The van der Waals surface area contributed by atoms with Crippen molar-refractivity contribution < 1.29 is 45.6 Å². The normalized spacial score (nSPS) is 10.5. The number of hydrogen-bond donors (Lipinski definition) is 1. The number of benzene rings is 1. The van der Waals surface area contributed by atoms with Crippen molar-refractivity contribution in [2.75, 3.05) is 6.61 Å². The van der Waals surface area contributed by atoms with Gasteiger partial charge in [0.15, 0.2) is 0 Å². The van der Waals surface area contributed by atoms with Crippen molar-refractivity contribution in [3.8, 4) is 5.75 Å². The van der Waals surface area contributed by atoms with Crippen LogP contribution in [0.15, 0.2) is 24.3 Å². The van der Waals surface area contributed by atoms with Crippen molar-refractivity contribution in [3.63, 3.8) is 0 Å². The second kappa shape index (κ2) is 20.8. The van der Waals surface area contributed by atoms with Gasteiger partial charge in [-0.1, -0.05) is 115 Å². The van der Waals surface area contributed by atoms with Crippen LogP contribution in [0.3, 0.4) is 0 Å². The molecule has 29 heavy (non-hydrogen) atoms. The predicted octanol–water partition coefficient (Wildman–Crippen LogP) is 4.93. The third kappa shape index (κ3) is 15.9. The number of aromatic hydroxyl groups is 1. The van der Waals surface area contributed by atoms with Gasteiger partial charge < -0.3 is 11.3 Å². The SMILES string of the molecule is CCCCCCCCCCCCCCCCCCOC(=O)c1ccccc1O.[H-].[Na+]. The number of hydrogen-bond acceptors (Lipinski definition) is 3. The monoisotopic (exact) mass is 414 g/mol. The summed E-state index contributed by atoms with van der Waals surface area (Å²) in [6.07, 6.45) is 21.3. The quantitative estimate of drug-likeness (QED) is 0.211. The van der Waals surface area contributed by atoms with Crippen molar-refractivity contribution >= 4 is 5.97 Å². The van der Waals surface area contributed by atoms with E-state index in [1.54, 1.807) is 18.2 Å². The average Bonchev–Trinajstić information content (AvgIpc) is 2.70.